The average Bonchev–Trinajstić information content (AvgIpc) is 3.19. The molecule has 1 saturated carbocycles. The predicted molar refractivity (Wildman–Crippen MR) is 134 cm³/mol. The van der Waals surface area contributed by atoms with Gasteiger partial charge in [-0.3, -0.25) is 9.59 Å². The standard InChI is InChI=1S/C27H35N5O3/c1-30(2)24(34)20-6-4-19(5-7-20)21-16-28-26(29-17-21)31-14-3-12-27(18-31)13-15-32(25(27)35)22-8-10-23(33)11-9-22/h4-7,16-17,22-23,33H,3,8-15,18H2,1-2H3/t22-,23-,27?. The summed E-state index contributed by atoms with van der Waals surface area (Å²) < 4.78 is 0. The van der Waals surface area contributed by atoms with E-state index >= 15 is 0 Å². The minimum atomic E-state index is -0.342. The first-order valence-electron chi connectivity index (χ1n) is 12.7. The highest BCUT2D eigenvalue weighted by Crippen LogP contribution is 2.43. The predicted octanol–water partition coefficient (Wildman–Crippen LogP) is 2.97. The van der Waals surface area contributed by atoms with E-state index in [1.165, 1.54) is 0 Å². The Labute approximate surface area is 207 Å². The fraction of sp³-hybridized carbons (Fsp3) is 0.556. The van der Waals surface area contributed by atoms with E-state index in [0.717, 1.165) is 69.2 Å². The highest BCUT2D eigenvalue weighted by molar-refractivity contribution is 5.94. The summed E-state index contributed by atoms with van der Waals surface area (Å²) in [6.07, 6.45) is 9.60. The van der Waals surface area contributed by atoms with Crippen LogP contribution in [0.15, 0.2) is 36.7 Å². The second kappa shape index (κ2) is 9.57. The van der Waals surface area contributed by atoms with Gasteiger partial charge in [-0.15, -0.1) is 0 Å². The molecule has 2 aliphatic heterocycles. The smallest absolute Gasteiger partial charge is 0.253 e. The molecule has 1 spiro atoms. The van der Waals surface area contributed by atoms with Crippen molar-refractivity contribution in [2.75, 3.05) is 38.6 Å². The van der Waals surface area contributed by atoms with Gasteiger partial charge in [-0.25, -0.2) is 9.97 Å². The highest BCUT2D eigenvalue weighted by Gasteiger charge is 2.51. The minimum absolute atomic E-state index is 0.0247. The van der Waals surface area contributed by atoms with Crippen molar-refractivity contribution in [3.8, 4) is 11.1 Å². The molecule has 1 unspecified atom stereocenters. The number of nitrogens with zero attached hydrogens (tertiary/aromatic N) is 5. The molecule has 0 radical (unpaired) electrons. The summed E-state index contributed by atoms with van der Waals surface area (Å²) >= 11 is 0. The summed E-state index contributed by atoms with van der Waals surface area (Å²) in [5, 5.41) is 9.85. The first-order valence-corrected chi connectivity index (χ1v) is 12.7. The molecular weight excluding hydrogens is 442 g/mol. The van der Waals surface area contributed by atoms with Crippen LogP contribution in [0.25, 0.3) is 11.1 Å². The van der Waals surface area contributed by atoms with Crippen LogP contribution in [0.1, 0.15) is 55.3 Å². The molecule has 0 bridgehead atoms. The molecule has 1 aliphatic carbocycles. The molecule has 1 atom stereocenters. The number of anilines is 1. The van der Waals surface area contributed by atoms with Crippen LogP contribution in [0.4, 0.5) is 5.95 Å². The molecule has 5 rings (SSSR count). The molecule has 2 saturated heterocycles. The third-order valence-corrected chi connectivity index (χ3v) is 8.02. The van der Waals surface area contributed by atoms with Gasteiger partial charge in [0.25, 0.3) is 5.91 Å². The summed E-state index contributed by atoms with van der Waals surface area (Å²) in [4.78, 5) is 40.8. The molecule has 3 aliphatic rings. The van der Waals surface area contributed by atoms with E-state index in [1.807, 2.05) is 36.7 Å². The van der Waals surface area contributed by atoms with Crippen LogP contribution in [0.3, 0.4) is 0 Å². The Kier molecular flexibility index (Phi) is 6.49. The van der Waals surface area contributed by atoms with E-state index in [-0.39, 0.29) is 29.4 Å². The summed E-state index contributed by atoms with van der Waals surface area (Å²) in [6.45, 7) is 2.34. The van der Waals surface area contributed by atoms with Crippen molar-refractivity contribution in [2.24, 2.45) is 5.41 Å². The van der Waals surface area contributed by atoms with E-state index in [2.05, 4.69) is 19.8 Å². The minimum Gasteiger partial charge on any atom is -0.393 e. The molecule has 2 aromatic rings. The van der Waals surface area contributed by atoms with Crippen molar-refractivity contribution >= 4 is 17.8 Å². The molecule has 186 valence electrons. The zero-order valence-electron chi connectivity index (χ0n) is 20.7. The Bertz CT molecular complexity index is 1060. The van der Waals surface area contributed by atoms with Crippen LogP contribution in [0.2, 0.25) is 0 Å². The van der Waals surface area contributed by atoms with Gasteiger partial charge in [0.1, 0.15) is 0 Å². The number of aliphatic hydroxyl groups is 1. The maximum Gasteiger partial charge on any atom is 0.253 e. The molecule has 8 nitrogen and oxygen atoms in total. The van der Waals surface area contributed by atoms with Gasteiger partial charge in [0.05, 0.1) is 11.5 Å². The summed E-state index contributed by atoms with van der Waals surface area (Å²) in [5.74, 6) is 0.926. The number of carbonyl (C=O) groups excluding carboxylic acids is 2. The zero-order valence-corrected chi connectivity index (χ0v) is 20.7. The lowest BCUT2D eigenvalue weighted by atomic mass is 9.78. The fourth-order valence-corrected chi connectivity index (χ4v) is 5.94. The topological polar surface area (TPSA) is 89.9 Å². The lowest BCUT2D eigenvalue weighted by Crippen LogP contribution is -2.50. The van der Waals surface area contributed by atoms with E-state index in [9.17, 15) is 14.7 Å². The molecule has 1 N–H and O–H groups in total. The van der Waals surface area contributed by atoms with Crippen LogP contribution >= 0.6 is 0 Å². The van der Waals surface area contributed by atoms with E-state index in [0.29, 0.717) is 18.1 Å². The molecule has 3 heterocycles. The summed E-state index contributed by atoms with van der Waals surface area (Å²) in [5.41, 5.74) is 2.16. The zero-order chi connectivity index (χ0) is 24.6. The number of likely N-dealkylation sites (tertiary alicyclic amines) is 1. The summed E-state index contributed by atoms with van der Waals surface area (Å²) in [7, 11) is 3.48. The Morgan fingerprint density at radius 1 is 1.00 bits per heavy atom. The number of aromatic nitrogens is 2. The normalized spacial score (nSPS) is 26.9. The van der Waals surface area contributed by atoms with Crippen molar-refractivity contribution in [3.05, 3.63) is 42.2 Å². The molecule has 8 heteroatoms. The molecule has 1 aromatic heterocycles. The molecule has 3 fully saturated rings. The Morgan fingerprint density at radius 2 is 1.69 bits per heavy atom. The SMILES string of the molecule is CN(C)C(=O)c1ccc(-c2cnc(N3CCCC4(CCN([C@H]5CC[C@H](O)CC5)C4=O)C3)nc2)cc1. The third-order valence-electron chi connectivity index (χ3n) is 8.02. The van der Waals surface area contributed by atoms with Gasteiger partial charge < -0.3 is 19.8 Å². The Morgan fingerprint density at radius 3 is 2.34 bits per heavy atom. The average molecular weight is 478 g/mol. The van der Waals surface area contributed by atoms with Gasteiger partial charge in [0, 0.05) is 63.3 Å². The van der Waals surface area contributed by atoms with Gasteiger partial charge in [-0.2, -0.15) is 0 Å². The number of carbonyl (C=O) groups is 2. The number of hydrogen-bond acceptors (Lipinski definition) is 6. The van der Waals surface area contributed by atoms with Gasteiger partial charge >= 0.3 is 0 Å². The van der Waals surface area contributed by atoms with Crippen LogP contribution in [-0.4, -0.2) is 82.6 Å². The first kappa shape index (κ1) is 23.7. The lowest BCUT2D eigenvalue weighted by molar-refractivity contribution is -0.139. The van der Waals surface area contributed by atoms with Crippen molar-refractivity contribution in [2.45, 2.75) is 57.1 Å². The van der Waals surface area contributed by atoms with Crippen molar-refractivity contribution in [3.63, 3.8) is 0 Å². The molecule has 2 amide bonds. The Hall–Kier alpha value is -3.00. The van der Waals surface area contributed by atoms with Crippen LogP contribution in [0.5, 0.6) is 0 Å². The van der Waals surface area contributed by atoms with Crippen molar-refractivity contribution in [1.82, 2.24) is 19.8 Å². The number of benzene rings is 1. The number of hydrogen-bond donors (Lipinski definition) is 1. The monoisotopic (exact) mass is 477 g/mol. The van der Waals surface area contributed by atoms with Crippen LogP contribution in [-0.2, 0) is 4.79 Å². The maximum absolute atomic E-state index is 13.6. The number of aliphatic hydroxyl groups excluding tert-OH is 1. The number of rotatable bonds is 4. The number of piperidine rings is 1. The quantitative estimate of drug-likeness (QED) is 0.728. The van der Waals surface area contributed by atoms with E-state index < -0.39 is 0 Å². The largest absolute Gasteiger partial charge is 0.393 e. The van der Waals surface area contributed by atoms with Crippen LogP contribution in [0, 0.1) is 5.41 Å². The van der Waals surface area contributed by atoms with Gasteiger partial charge in [-0.05, 0) is 62.6 Å². The van der Waals surface area contributed by atoms with Gasteiger partial charge in [-0.1, -0.05) is 12.1 Å². The maximum atomic E-state index is 13.6. The second-order valence-corrected chi connectivity index (χ2v) is 10.6. The fourth-order valence-electron chi connectivity index (χ4n) is 5.94. The third kappa shape index (κ3) is 4.63. The van der Waals surface area contributed by atoms with Gasteiger partial charge in [0.15, 0.2) is 0 Å². The molecular formula is C27H35N5O3. The van der Waals surface area contributed by atoms with Crippen molar-refractivity contribution < 1.29 is 14.7 Å². The van der Waals surface area contributed by atoms with E-state index in [1.54, 1.807) is 19.0 Å². The van der Waals surface area contributed by atoms with Gasteiger partial charge in [0.2, 0.25) is 11.9 Å². The van der Waals surface area contributed by atoms with Crippen LogP contribution < -0.4 is 4.90 Å². The van der Waals surface area contributed by atoms with Crippen molar-refractivity contribution in [1.29, 1.82) is 0 Å². The molecule has 35 heavy (non-hydrogen) atoms. The van der Waals surface area contributed by atoms with E-state index in [4.69, 9.17) is 0 Å². The Balaban J connectivity index is 1.26. The number of amides is 2. The molecule has 1 aromatic carbocycles. The summed E-state index contributed by atoms with van der Waals surface area (Å²) in [6, 6.07) is 7.76. The highest BCUT2D eigenvalue weighted by atomic mass is 16.3. The first-order chi connectivity index (χ1) is 16.9. The lowest BCUT2D eigenvalue weighted by Gasteiger charge is -2.40. The second-order valence-electron chi connectivity index (χ2n) is 10.6.